The van der Waals surface area contributed by atoms with Gasteiger partial charge < -0.3 is 5.32 Å². The van der Waals surface area contributed by atoms with E-state index in [1.807, 2.05) is 26.0 Å². The molecular weight excluding hydrogens is 284 g/mol. The van der Waals surface area contributed by atoms with Gasteiger partial charge in [-0.2, -0.15) is 0 Å². The summed E-state index contributed by atoms with van der Waals surface area (Å²) >= 11 is 0. The van der Waals surface area contributed by atoms with E-state index in [-0.39, 0.29) is 6.04 Å². The van der Waals surface area contributed by atoms with Gasteiger partial charge in [0.05, 0.1) is 4.90 Å². The van der Waals surface area contributed by atoms with Gasteiger partial charge in [0.2, 0.25) is 10.0 Å². The lowest BCUT2D eigenvalue weighted by molar-refractivity contribution is 0.543. The summed E-state index contributed by atoms with van der Waals surface area (Å²) in [6, 6.07) is 5.59. The summed E-state index contributed by atoms with van der Waals surface area (Å²) in [6.45, 7) is 9.53. The average Bonchev–Trinajstić information content (AvgIpc) is 2.40. The average molecular weight is 312 g/mol. The van der Waals surface area contributed by atoms with Crippen molar-refractivity contribution >= 4 is 10.0 Å². The van der Waals surface area contributed by atoms with Gasteiger partial charge in [-0.15, -0.1) is 0 Å². The summed E-state index contributed by atoms with van der Waals surface area (Å²) in [5.41, 5.74) is 1.78. The van der Waals surface area contributed by atoms with E-state index < -0.39 is 10.0 Å². The molecule has 0 amide bonds. The number of nitrogens with one attached hydrogen (secondary N) is 2. The normalized spacial score (nSPS) is 13.3. The Morgan fingerprint density at radius 3 is 2.52 bits per heavy atom. The molecule has 4 nitrogen and oxygen atoms in total. The fourth-order valence-corrected chi connectivity index (χ4v) is 3.85. The molecule has 1 aromatic carbocycles. The smallest absolute Gasteiger partial charge is 0.241 e. The van der Waals surface area contributed by atoms with E-state index >= 15 is 0 Å². The molecule has 1 atom stereocenters. The zero-order valence-corrected chi connectivity index (χ0v) is 14.4. The first-order chi connectivity index (χ1) is 9.90. The summed E-state index contributed by atoms with van der Waals surface area (Å²) < 4.78 is 27.7. The quantitative estimate of drug-likeness (QED) is 0.689. The summed E-state index contributed by atoms with van der Waals surface area (Å²) in [7, 11) is -3.44. The van der Waals surface area contributed by atoms with Gasteiger partial charge in [-0.25, -0.2) is 13.1 Å². The maximum atomic E-state index is 12.5. The topological polar surface area (TPSA) is 58.2 Å². The van der Waals surface area contributed by atoms with Crippen molar-refractivity contribution < 1.29 is 8.42 Å². The van der Waals surface area contributed by atoms with Gasteiger partial charge in [0, 0.05) is 12.6 Å². The second-order valence-corrected chi connectivity index (χ2v) is 7.27. The van der Waals surface area contributed by atoms with Crippen LogP contribution in [0.5, 0.6) is 0 Å². The van der Waals surface area contributed by atoms with E-state index in [1.165, 1.54) is 0 Å². The monoisotopic (exact) mass is 312 g/mol. The first-order valence-corrected chi connectivity index (χ1v) is 9.21. The van der Waals surface area contributed by atoms with Crippen molar-refractivity contribution in [2.45, 2.75) is 64.4 Å². The molecule has 5 heteroatoms. The van der Waals surface area contributed by atoms with Gasteiger partial charge in [-0.3, -0.25) is 0 Å². The fourth-order valence-electron chi connectivity index (χ4n) is 2.27. The predicted octanol–water partition coefficient (Wildman–Crippen LogP) is 2.96. The summed E-state index contributed by atoms with van der Waals surface area (Å²) in [5.74, 6) is 0. The van der Waals surface area contributed by atoms with Crippen molar-refractivity contribution in [3.05, 3.63) is 29.3 Å². The third-order valence-corrected chi connectivity index (χ3v) is 5.11. The van der Waals surface area contributed by atoms with Gasteiger partial charge in [0.15, 0.2) is 0 Å². The third kappa shape index (κ3) is 5.77. The largest absolute Gasteiger partial charge is 0.313 e. The minimum Gasteiger partial charge on any atom is -0.313 e. The van der Waals surface area contributed by atoms with Crippen molar-refractivity contribution in [2.24, 2.45) is 0 Å². The van der Waals surface area contributed by atoms with Crippen LogP contribution in [-0.2, 0) is 16.6 Å². The number of hydrogen-bond acceptors (Lipinski definition) is 3. The molecule has 1 rings (SSSR count). The lowest BCUT2D eigenvalue weighted by Gasteiger charge is -2.15. The first kappa shape index (κ1) is 18.1. The third-order valence-electron chi connectivity index (χ3n) is 3.38. The lowest BCUT2D eigenvalue weighted by atomic mass is 10.1. The number of rotatable bonds is 9. The highest BCUT2D eigenvalue weighted by atomic mass is 32.2. The molecular formula is C16H28N2O2S. The Morgan fingerprint density at radius 2 is 1.90 bits per heavy atom. The van der Waals surface area contributed by atoms with Gasteiger partial charge >= 0.3 is 0 Å². The van der Waals surface area contributed by atoms with Crippen molar-refractivity contribution in [3.8, 4) is 0 Å². The van der Waals surface area contributed by atoms with Gasteiger partial charge in [-0.05, 0) is 50.4 Å². The van der Waals surface area contributed by atoms with Gasteiger partial charge in [0.25, 0.3) is 0 Å². The van der Waals surface area contributed by atoms with Crippen LogP contribution in [-0.4, -0.2) is 21.0 Å². The Bertz CT molecular complexity index is 541. The number of hydrogen-bond donors (Lipinski definition) is 2. The van der Waals surface area contributed by atoms with Crippen LogP contribution in [0, 0.1) is 6.92 Å². The molecule has 0 aliphatic heterocycles. The van der Waals surface area contributed by atoms with Crippen LogP contribution in [0.1, 0.15) is 51.2 Å². The second-order valence-electron chi connectivity index (χ2n) is 5.59. The van der Waals surface area contributed by atoms with E-state index in [2.05, 4.69) is 23.9 Å². The summed E-state index contributed by atoms with van der Waals surface area (Å²) in [6.07, 6.45) is 2.87. The zero-order chi connectivity index (χ0) is 15.9. The van der Waals surface area contributed by atoms with E-state index in [4.69, 9.17) is 0 Å². The highest BCUT2D eigenvalue weighted by molar-refractivity contribution is 7.89. The molecule has 0 fully saturated rings. The van der Waals surface area contributed by atoms with Gasteiger partial charge in [0.1, 0.15) is 0 Å². The number of benzene rings is 1. The van der Waals surface area contributed by atoms with E-state index in [0.29, 0.717) is 11.4 Å². The van der Waals surface area contributed by atoms with Gasteiger partial charge in [-0.1, -0.05) is 32.4 Å². The first-order valence-electron chi connectivity index (χ1n) is 7.73. The Hall–Kier alpha value is -0.910. The SMILES string of the molecule is CCCNCc1ccc(C)c(S(=O)(=O)NC(C)CCC)c1. The molecule has 120 valence electrons. The second kappa shape index (κ2) is 8.51. The van der Waals surface area contributed by atoms with Crippen LogP contribution in [0.15, 0.2) is 23.1 Å². The number of sulfonamides is 1. The highest BCUT2D eigenvalue weighted by Gasteiger charge is 2.19. The summed E-state index contributed by atoms with van der Waals surface area (Å²) in [5, 5.41) is 3.30. The standard InChI is InChI=1S/C16H28N2O2S/c1-5-7-14(4)18-21(19,20)16-11-15(9-8-13(16)3)12-17-10-6-2/h8-9,11,14,17-18H,5-7,10,12H2,1-4H3. The van der Waals surface area contributed by atoms with E-state index in [0.717, 1.165) is 36.9 Å². The lowest BCUT2D eigenvalue weighted by Crippen LogP contribution is -2.33. The molecule has 0 aliphatic carbocycles. The highest BCUT2D eigenvalue weighted by Crippen LogP contribution is 2.18. The molecule has 0 heterocycles. The van der Waals surface area contributed by atoms with Crippen molar-refractivity contribution in [2.75, 3.05) is 6.54 Å². The molecule has 0 saturated heterocycles. The van der Waals surface area contributed by atoms with E-state index in [9.17, 15) is 8.42 Å². The Kier molecular flexibility index (Phi) is 7.35. The zero-order valence-electron chi connectivity index (χ0n) is 13.6. The Balaban J connectivity index is 2.91. The molecule has 0 aromatic heterocycles. The van der Waals surface area contributed by atoms with Crippen LogP contribution in [0.4, 0.5) is 0 Å². The number of aryl methyl sites for hydroxylation is 1. The Labute approximate surface area is 129 Å². The van der Waals surface area contributed by atoms with Crippen molar-refractivity contribution in [1.82, 2.24) is 10.0 Å². The molecule has 0 saturated carbocycles. The van der Waals surface area contributed by atoms with Crippen molar-refractivity contribution in [1.29, 1.82) is 0 Å². The fraction of sp³-hybridized carbons (Fsp3) is 0.625. The van der Waals surface area contributed by atoms with Crippen molar-refractivity contribution in [3.63, 3.8) is 0 Å². The Morgan fingerprint density at radius 1 is 1.19 bits per heavy atom. The molecule has 0 radical (unpaired) electrons. The molecule has 21 heavy (non-hydrogen) atoms. The van der Waals surface area contributed by atoms with Crippen LogP contribution in [0.3, 0.4) is 0 Å². The minimum absolute atomic E-state index is 0.0405. The van der Waals surface area contributed by atoms with Crippen LogP contribution < -0.4 is 10.0 Å². The predicted molar refractivity (Wildman–Crippen MR) is 87.9 cm³/mol. The van der Waals surface area contributed by atoms with Crippen LogP contribution >= 0.6 is 0 Å². The molecule has 1 aromatic rings. The summed E-state index contributed by atoms with van der Waals surface area (Å²) in [4.78, 5) is 0.390. The molecule has 0 spiro atoms. The minimum atomic E-state index is -3.44. The molecule has 0 aliphatic rings. The molecule has 0 bridgehead atoms. The molecule has 1 unspecified atom stereocenters. The maximum absolute atomic E-state index is 12.5. The maximum Gasteiger partial charge on any atom is 0.241 e. The van der Waals surface area contributed by atoms with Crippen LogP contribution in [0.2, 0.25) is 0 Å². The van der Waals surface area contributed by atoms with Crippen LogP contribution in [0.25, 0.3) is 0 Å². The molecule has 2 N–H and O–H groups in total. The van der Waals surface area contributed by atoms with E-state index in [1.54, 1.807) is 6.07 Å².